The van der Waals surface area contributed by atoms with Gasteiger partial charge in [-0.05, 0) is 54.8 Å². The fourth-order valence-electron chi connectivity index (χ4n) is 5.23. The maximum atomic E-state index is 14.3. The van der Waals surface area contributed by atoms with E-state index in [-0.39, 0.29) is 35.5 Å². The number of ether oxygens (including phenoxy) is 2. The van der Waals surface area contributed by atoms with Crippen LogP contribution >= 0.6 is 11.6 Å². The van der Waals surface area contributed by atoms with E-state index in [4.69, 9.17) is 21.1 Å². The molecule has 2 aliphatic heterocycles. The summed E-state index contributed by atoms with van der Waals surface area (Å²) in [6, 6.07) is 16.3. The van der Waals surface area contributed by atoms with Gasteiger partial charge in [0.25, 0.3) is 5.91 Å². The fourth-order valence-corrected chi connectivity index (χ4v) is 7.25. The first-order valence-corrected chi connectivity index (χ1v) is 14.7. The van der Waals surface area contributed by atoms with Crippen molar-refractivity contribution in [3.05, 3.63) is 94.5 Å². The van der Waals surface area contributed by atoms with Crippen molar-refractivity contribution in [1.29, 1.82) is 0 Å². The number of likely N-dealkylation sites (tertiary alicyclic amines) is 1. The third-order valence-electron chi connectivity index (χ3n) is 7.11. The van der Waals surface area contributed by atoms with E-state index in [1.54, 1.807) is 30.5 Å². The minimum Gasteiger partial charge on any atom is -0.486 e. The second kappa shape index (κ2) is 11.6. The van der Waals surface area contributed by atoms with Gasteiger partial charge in [0, 0.05) is 19.9 Å². The molecule has 3 atom stereocenters. The van der Waals surface area contributed by atoms with E-state index < -0.39 is 34.0 Å². The van der Waals surface area contributed by atoms with Gasteiger partial charge in [-0.25, -0.2) is 12.8 Å². The number of amides is 1. The van der Waals surface area contributed by atoms with Crippen molar-refractivity contribution in [1.82, 2.24) is 14.2 Å². The zero-order chi connectivity index (χ0) is 27.6. The Bertz CT molecular complexity index is 1420. The fraction of sp³-hybridized carbons (Fsp3) is 0.357. The van der Waals surface area contributed by atoms with E-state index in [0.29, 0.717) is 17.9 Å². The predicted molar refractivity (Wildman–Crippen MR) is 145 cm³/mol. The van der Waals surface area contributed by atoms with Crippen LogP contribution in [0.3, 0.4) is 0 Å². The molecule has 5 rings (SSSR count). The number of nitrogens with zero attached hydrogens (tertiary/aromatic N) is 3. The molecule has 8 nitrogen and oxygen atoms in total. The lowest BCUT2D eigenvalue weighted by atomic mass is 10.1. The summed E-state index contributed by atoms with van der Waals surface area (Å²) in [6.07, 6.45) is 2.18. The van der Waals surface area contributed by atoms with Crippen molar-refractivity contribution in [2.45, 2.75) is 36.8 Å². The molecule has 3 aromatic rings. The Balaban J connectivity index is 1.28. The zero-order valence-electron chi connectivity index (χ0n) is 21.4. The SMILES string of the molecule is CO[C@@H]1CN(C(=O)c2c(F)cccc2Cl)C[C@H]1Oc1cccc(CS(=O)(=O)N2CCCC2c2ccccn2)c1. The molecule has 0 aliphatic carbocycles. The first-order valence-electron chi connectivity index (χ1n) is 12.7. The van der Waals surface area contributed by atoms with Crippen LogP contribution in [0.25, 0.3) is 0 Å². The molecular formula is C28H29ClFN3O5S. The molecule has 0 N–H and O–H groups in total. The molecule has 2 saturated heterocycles. The monoisotopic (exact) mass is 573 g/mol. The predicted octanol–water partition coefficient (Wildman–Crippen LogP) is 4.46. The third-order valence-corrected chi connectivity index (χ3v) is 9.27. The van der Waals surface area contributed by atoms with Crippen LogP contribution in [-0.4, -0.2) is 67.5 Å². The maximum absolute atomic E-state index is 14.3. The summed E-state index contributed by atoms with van der Waals surface area (Å²) < 4.78 is 54.4. The van der Waals surface area contributed by atoms with Gasteiger partial charge in [-0.2, -0.15) is 4.31 Å². The molecule has 1 aromatic heterocycles. The molecule has 39 heavy (non-hydrogen) atoms. The van der Waals surface area contributed by atoms with Crippen LogP contribution in [0.5, 0.6) is 5.75 Å². The molecule has 0 bridgehead atoms. The number of halogens is 2. The minimum atomic E-state index is -3.62. The van der Waals surface area contributed by atoms with Gasteiger partial charge in [0.1, 0.15) is 23.8 Å². The number of pyridine rings is 1. The smallest absolute Gasteiger partial charge is 0.258 e. The highest BCUT2D eigenvalue weighted by molar-refractivity contribution is 7.88. The Hall–Kier alpha value is -3.05. The molecule has 2 aliphatic rings. The van der Waals surface area contributed by atoms with Crippen molar-refractivity contribution < 1.29 is 27.1 Å². The number of carbonyl (C=O) groups excluding carboxylic acids is 1. The second-order valence-electron chi connectivity index (χ2n) is 9.66. The molecule has 3 heterocycles. The van der Waals surface area contributed by atoms with Gasteiger partial charge >= 0.3 is 0 Å². The molecule has 0 spiro atoms. The Labute approximate surface area is 232 Å². The highest BCUT2D eigenvalue weighted by atomic mass is 35.5. The van der Waals surface area contributed by atoms with E-state index >= 15 is 0 Å². The number of sulfonamides is 1. The number of aromatic nitrogens is 1. The number of rotatable bonds is 8. The van der Waals surface area contributed by atoms with Crippen LogP contribution in [0, 0.1) is 5.82 Å². The summed E-state index contributed by atoms with van der Waals surface area (Å²) >= 11 is 6.09. The molecule has 0 saturated carbocycles. The number of methoxy groups -OCH3 is 1. The zero-order valence-corrected chi connectivity index (χ0v) is 22.9. The highest BCUT2D eigenvalue weighted by Crippen LogP contribution is 2.34. The summed E-state index contributed by atoms with van der Waals surface area (Å²) in [4.78, 5) is 18.8. The lowest BCUT2D eigenvalue weighted by Crippen LogP contribution is -2.32. The van der Waals surface area contributed by atoms with Crippen LogP contribution in [0.2, 0.25) is 5.02 Å². The summed E-state index contributed by atoms with van der Waals surface area (Å²) in [5.41, 5.74) is 1.14. The molecule has 2 fully saturated rings. The largest absolute Gasteiger partial charge is 0.486 e. The molecular weight excluding hydrogens is 545 g/mol. The molecule has 0 radical (unpaired) electrons. The van der Waals surface area contributed by atoms with Crippen molar-refractivity contribution in [2.24, 2.45) is 0 Å². The lowest BCUT2D eigenvalue weighted by Gasteiger charge is -2.24. The van der Waals surface area contributed by atoms with Crippen LogP contribution in [0.1, 0.15) is 40.5 Å². The van der Waals surface area contributed by atoms with Gasteiger partial charge in [-0.3, -0.25) is 9.78 Å². The topological polar surface area (TPSA) is 89.0 Å². The van der Waals surface area contributed by atoms with Crippen molar-refractivity contribution in [3.8, 4) is 5.75 Å². The van der Waals surface area contributed by atoms with E-state index in [1.165, 1.54) is 34.5 Å². The summed E-state index contributed by atoms with van der Waals surface area (Å²) in [7, 11) is -2.10. The van der Waals surface area contributed by atoms with Crippen molar-refractivity contribution >= 4 is 27.5 Å². The quantitative estimate of drug-likeness (QED) is 0.395. The average molecular weight is 574 g/mol. The molecule has 206 valence electrons. The van der Waals surface area contributed by atoms with Gasteiger partial charge in [-0.1, -0.05) is 35.9 Å². The van der Waals surface area contributed by atoms with Gasteiger partial charge in [0.05, 0.1) is 41.2 Å². The van der Waals surface area contributed by atoms with E-state index in [0.717, 1.165) is 18.5 Å². The van der Waals surface area contributed by atoms with Gasteiger partial charge < -0.3 is 14.4 Å². The van der Waals surface area contributed by atoms with Gasteiger partial charge in [-0.15, -0.1) is 0 Å². The van der Waals surface area contributed by atoms with Crippen molar-refractivity contribution in [3.63, 3.8) is 0 Å². The van der Waals surface area contributed by atoms with E-state index in [2.05, 4.69) is 4.98 Å². The van der Waals surface area contributed by atoms with Crippen LogP contribution in [0.15, 0.2) is 66.9 Å². The van der Waals surface area contributed by atoms with E-state index in [9.17, 15) is 17.6 Å². The third kappa shape index (κ3) is 5.94. The van der Waals surface area contributed by atoms with Crippen LogP contribution in [0.4, 0.5) is 4.39 Å². The Morgan fingerprint density at radius 2 is 1.90 bits per heavy atom. The number of hydrogen-bond acceptors (Lipinski definition) is 6. The second-order valence-corrected chi connectivity index (χ2v) is 12.0. The molecule has 11 heteroatoms. The first-order chi connectivity index (χ1) is 18.8. The average Bonchev–Trinajstić information content (AvgIpc) is 3.57. The normalized spacial score (nSPS) is 21.8. The first kappa shape index (κ1) is 27.5. The number of hydrogen-bond donors (Lipinski definition) is 0. The number of carbonyl (C=O) groups is 1. The van der Waals surface area contributed by atoms with Crippen LogP contribution in [-0.2, 0) is 20.5 Å². The molecule has 1 unspecified atom stereocenters. The maximum Gasteiger partial charge on any atom is 0.258 e. The Kier molecular flexibility index (Phi) is 8.18. The van der Waals surface area contributed by atoms with Crippen LogP contribution < -0.4 is 4.74 Å². The lowest BCUT2D eigenvalue weighted by molar-refractivity contribution is 0.0339. The van der Waals surface area contributed by atoms with Gasteiger partial charge in [0.15, 0.2) is 0 Å². The minimum absolute atomic E-state index is 0.0375. The molecule has 1 amide bonds. The highest BCUT2D eigenvalue weighted by Gasteiger charge is 2.39. The molecule has 2 aromatic carbocycles. The van der Waals surface area contributed by atoms with Gasteiger partial charge in [0.2, 0.25) is 10.0 Å². The van der Waals surface area contributed by atoms with E-state index in [1.807, 2.05) is 18.2 Å². The number of benzene rings is 2. The Morgan fingerprint density at radius 1 is 1.10 bits per heavy atom. The van der Waals surface area contributed by atoms with Crippen molar-refractivity contribution in [2.75, 3.05) is 26.7 Å². The standard InChI is InChI=1S/C28H29ClFN3O5S/c1-37-25-16-32(28(34)27-21(29)9-5-10-22(27)30)17-26(25)38-20-8-4-7-19(15-20)18-39(35,36)33-14-6-12-24(33)23-11-2-3-13-31-23/h2-5,7-11,13,15,24-26H,6,12,14,16-18H2,1H3/t24?,25-,26-/m1/s1. The Morgan fingerprint density at radius 3 is 2.64 bits per heavy atom. The summed E-state index contributed by atoms with van der Waals surface area (Å²) in [6.45, 7) is 0.805. The summed E-state index contributed by atoms with van der Waals surface area (Å²) in [5, 5.41) is 0.0375. The summed E-state index contributed by atoms with van der Waals surface area (Å²) in [5.74, 6) is -0.958.